The Hall–Kier alpha value is -2.31. The van der Waals surface area contributed by atoms with Crippen molar-refractivity contribution < 1.29 is 28.5 Å². The van der Waals surface area contributed by atoms with Crippen LogP contribution in [0.5, 0.6) is 0 Å². The van der Waals surface area contributed by atoms with E-state index in [1.807, 2.05) is 30.3 Å². The average Bonchev–Trinajstić information content (AvgIpc) is 2.70. The van der Waals surface area contributed by atoms with Gasteiger partial charge in [-0.1, -0.05) is 54.6 Å². The van der Waals surface area contributed by atoms with E-state index in [4.69, 9.17) is 9.79 Å². The van der Waals surface area contributed by atoms with Crippen molar-refractivity contribution in [3.8, 4) is 0 Å². The fourth-order valence-electron chi connectivity index (χ4n) is 2.99. The Labute approximate surface area is 176 Å². The van der Waals surface area contributed by atoms with Crippen LogP contribution in [0.25, 0.3) is 0 Å². The van der Waals surface area contributed by atoms with Gasteiger partial charge in [0, 0.05) is 6.42 Å². The molecule has 0 bridgehead atoms. The molecule has 8 heteroatoms. The second kappa shape index (κ2) is 12.4. The molecular formula is C22H28NO6P. The normalized spacial score (nSPS) is 11.3. The number of benzene rings is 2. The minimum Gasteiger partial charge on any atom is -0.303 e. The highest BCUT2D eigenvalue weighted by atomic mass is 31.2. The van der Waals surface area contributed by atoms with Crippen molar-refractivity contribution in [2.75, 3.05) is 6.61 Å². The Kier molecular flexibility index (Phi) is 9.91. The number of unbranched alkanes of at least 4 members (excludes halogenated alkanes) is 1. The quantitative estimate of drug-likeness (QED) is 0.350. The molecule has 0 unspecified atom stereocenters. The highest BCUT2D eigenvalue weighted by molar-refractivity contribution is 7.46. The Bertz CT molecular complexity index is 848. The molecule has 0 saturated carbocycles. The number of carbonyl (C=O) groups is 2. The van der Waals surface area contributed by atoms with Gasteiger partial charge < -0.3 is 9.79 Å². The van der Waals surface area contributed by atoms with E-state index in [1.54, 1.807) is 0 Å². The second-order valence-corrected chi connectivity index (χ2v) is 8.32. The molecule has 0 radical (unpaired) electrons. The molecule has 7 nitrogen and oxygen atoms in total. The predicted octanol–water partition coefficient (Wildman–Crippen LogP) is 3.33. The summed E-state index contributed by atoms with van der Waals surface area (Å²) in [6.07, 6.45) is 4.42. The van der Waals surface area contributed by atoms with Crippen molar-refractivity contribution in [2.24, 2.45) is 0 Å². The van der Waals surface area contributed by atoms with Crippen LogP contribution in [0.2, 0.25) is 0 Å². The average molecular weight is 433 g/mol. The van der Waals surface area contributed by atoms with Gasteiger partial charge in [0.15, 0.2) is 0 Å². The van der Waals surface area contributed by atoms with E-state index >= 15 is 0 Å². The van der Waals surface area contributed by atoms with Gasteiger partial charge in [-0.3, -0.25) is 19.4 Å². The van der Waals surface area contributed by atoms with Gasteiger partial charge in [0.1, 0.15) is 0 Å². The zero-order valence-corrected chi connectivity index (χ0v) is 17.7. The summed E-state index contributed by atoms with van der Waals surface area (Å²) >= 11 is 0. The number of imide groups is 1. The number of nitrogens with one attached hydrogen (secondary N) is 1. The number of amides is 2. The molecule has 30 heavy (non-hydrogen) atoms. The Morgan fingerprint density at radius 1 is 0.800 bits per heavy atom. The fraction of sp³-hybridized carbons (Fsp3) is 0.364. The first kappa shape index (κ1) is 24.0. The van der Waals surface area contributed by atoms with Crippen LogP contribution >= 0.6 is 7.82 Å². The monoisotopic (exact) mass is 433 g/mol. The summed E-state index contributed by atoms with van der Waals surface area (Å²) in [4.78, 5) is 40.8. The van der Waals surface area contributed by atoms with Crippen LogP contribution < -0.4 is 5.32 Å². The van der Waals surface area contributed by atoms with Crippen molar-refractivity contribution in [2.45, 2.75) is 44.9 Å². The molecule has 0 spiro atoms. The van der Waals surface area contributed by atoms with Crippen LogP contribution in [0.3, 0.4) is 0 Å². The first-order valence-electron chi connectivity index (χ1n) is 9.96. The molecule has 2 aromatic rings. The molecule has 0 aliphatic carbocycles. The van der Waals surface area contributed by atoms with E-state index in [1.165, 1.54) is 11.1 Å². The van der Waals surface area contributed by atoms with Crippen molar-refractivity contribution in [3.05, 3.63) is 71.3 Å². The zero-order chi connectivity index (χ0) is 21.8. The van der Waals surface area contributed by atoms with E-state index in [2.05, 4.69) is 34.1 Å². The van der Waals surface area contributed by atoms with Gasteiger partial charge in [-0.05, 0) is 48.8 Å². The number of phosphoric acid groups is 1. The topological polar surface area (TPSA) is 113 Å². The summed E-state index contributed by atoms with van der Waals surface area (Å²) in [5, 5.41) is 2.27. The standard InChI is InChI=1S/C22H28NO6P/c24-21(11-6-16-29-30(26,27)28)23-22(25)17-20-14-12-19(13-15-20)10-5-4-9-18-7-2-1-3-8-18/h1-3,7-8,12-15H,4-6,9-11,16-17H2,(H,23,24,25)(H2,26,27,28). The lowest BCUT2D eigenvalue weighted by Crippen LogP contribution is -2.31. The van der Waals surface area contributed by atoms with E-state index in [9.17, 15) is 14.2 Å². The molecule has 0 aromatic heterocycles. The lowest BCUT2D eigenvalue weighted by atomic mass is 10.0. The highest BCUT2D eigenvalue weighted by Gasteiger charge is 2.14. The van der Waals surface area contributed by atoms with Crippen molar-refractivity contribution >= 4 is 19.6 Å². The smallest absolute Gasteiger partial charge is 0.303 e. The molecule has 0 aliphatic heterocycles. The third kappa shape index (κ3) is 10.5. The molecule has 2 aromatic carbocycles. The number of phosphoric ester groups is 1. The molecule has 2 rings (SSSR count). The lowest BCUT2D eigenvalue weighted by molar-refractivity contribution is -0.130. The van der Waals surface area contributed by atoms with Crippen LogP contribution in [0.4, 0.5) is 0 Å². The van der Waals surface area contributed by atoms with Gasteiger partial charge >= 0.3 is 7.82 Å². The zero-order valence-electron chi connectivity index (χ0n) is 16.8. The van der Waals surface area contributed by atoms with Crippen molar-refractivity contribution in [1.82, 2.24) is 5.32 Å². The molecule has 2 amide bonds. The largest absolute Gasteiger partial charge is 0.469 e. The Morgan fingerprint density at radius 2 is 1.37 bits per heavy atom. The summed E-state index contributed by atoms with van der Waals surface area (Å²) in [5.74, 6) is -0.907. The number of hydrogen-bond acceptors (Lipinski definition) is 4. The summed E-state index contributed by atoms with van der Waals surface area (Å²) in [7, 11) is -4.53. The first-order valence-corrected chi connectivity index (χ1v) is 11.5. The summed E-state index contributed by atoms with van der Waals surface area (Å²) in [5.41, 5.74) is 3.38. The van der Waals surface area contributed by atoms with Gasteiger partial charge in [-0.25, -0.2) is 4.57 Å². The van der Waals surface area contributed by atoms with Gasteiger partial charge in [-0.2, -0.15) is 0 Å². The number of hydrogen-bond donors (Lipinski definition) is 3. The Balaban J connectivity index is 1.63. The molecule has 0 heterocycles. The molecule has 0 atom stereocenters. The van der Waals surface area contributed by atoms with Crippen LogP contribution in [0.1, 0.15) is 42.4 Å². The van der Waals surface area contributed by atoms with Gasteiger partial charge in [-0.15, -0.1) is 0 Å². The van der Waals surface area contributed by atoms with Crippen LogP contribution in [-0.4, -0.2) is 28.2 Å². The maximum Gasteiger partial charge on any atom is 0.469 e. The lowest BCUT2D eigenvalue weighted by Gasteiger charge is -2.07. The van der Waals surface area contributed by atoms with E-state index in [0.29, 0.717) is 0 Å². The molecule has 0 fully saturated rings. The molecular weight excluding hydrogens is 405 g/mol. The summed E-state index contributed by atoms with van der Waals surface area (Å²) in [6, 6.07) is 18.2. The van der Waals surface area contributed by atoms with Gasteiger partial charge in [0.25, 0.3) is 0 Å². The van der Waals surface area contributed by atoms with Crippen LogP contribution in [0, 0.1) is 0 Å². The van der Waals surface area contributed by atoms with Crippen molar-refractivity contribution in [3.63, 3.8) is 0 Å². The molecule has 3 N–H and O–H groups in total. The minimum atomic E-state index is -4.53. The fourth-order valence-corrected chi connectivity index (χ4v) is 3.36. The number of carbonyl (C=O) groups excluding carboxylic acids is 2. The maximum atomic E-state index is 12.0. The third-order valence-electron chi connectivity index (χ3n) is 4.50. The Morgan fingerprint density at radius 3 is 1.97 bits per heavy atom. The molecule has 0 aliphatic rings. The molecule has 0 saturated heterocycles. The summed E-state index contributed by atoms with van der Waals surface area (Å²) in [6.45, 7) is -0.251. The second-order valence-electron chi connectivity index (χ2n) is 7.08. The van der Waals surface area contributed by atoms with Gasteiger partial charge in [0.2, 0.25) is 11.8 Å². The molecule has 162 valence electrons. The van der Waals surface area contributed by atoms with Crippen LogP contribution in [0.15, 0.2) is 54.6 Å². The first-order chi connectivity index (χ1) is 14.3. The van der Waals surface area contributed by atoms with E-state index in [0.717, 1.165) is 31.2 Å². The van der Waals surface area contributed by atoms with E-state index < -0.39 is 19.6 Å². The van der Waals surface area contributed by atoms with E-state index in [-0.39, 0.29) is 25.9 Å². The highest BCUT2D eigenvalue weighted by Crippen LogP contribution is 2.35. The van der Waals surface area contributed by atoms with Crippen molar-refractivity contribution in [1.29, 1.82) is 0 Å². The number of rotatable bonds is 12. The SMILES string of the molecule is O=C(CCCOP(=O)(O)O)NC(=O)Cc1ccc(CCCCc2ccccc2)cc1. The summed E-state index contributed by atoms with van der Waals surface area (Å²) < 4.78 is 14.8. The maximum absolute atomic E-state index is 12.0. The van der Waals surface area contributed by atoms with Crippen LogP contribution in [-0.2, 0) is 37.9 Å². The third-order valence-corrected chi connectivity index (χ3v) is 5.02. The van der Waals surface area contributed by atoms with Gasteiger partial charge in [0.05, 0.1) is 13.0 Å². The minimum absolute atomic E-state index is 0.0480. The number of aryl methyl sites for hydroxylation is 2. The predicted molar refractivity (Wildman–Crippen MR) is 114 cm³/mol.